The van der Waals surface area contributed by atoms with Crippen LogP contribution < -0.4 is 10.1 Å². The number of aliphatic hydroxyl groups is 1. The number of likely N-dealkylation sites (N-methyl/N-ethyl adjacent to an activating group) is 1. The van der Waals surface area contributed by atoms with Crippen molar-refractivity contribution in [3.8, 4) is 5.75 Å². The Labute approximate surface area is 258 Å². The van der Waals surface area contributed by atoms with E-state index in [1.807, 2.05) is 44.3 Å². The predicted molar refractivity (Wildman–Crippen MR) is 165 cm³/mol. The summed E-state index contributed by atoms with van der Waals surface area (Å²) in [6.07, 6.45) is 0.235. The molecule has 230 valence electrons. The van der Waals surface area contributed by atoms with Crippen molar-refractivity contribution in [2.75, 3.05) is 64.9 Å². The SMILES string of the molecule is C[C@H]1CN([C@@H](C)CO)C(=O)Cc2cc(NC(=O)CCN3CCOCC3)ccc2O[C@@H]1CN(C)Cc1ccc(Cl)c(Cl)c1. The van der Waals surface area contributed by atoms with Gasteiger partial charge in [0, 0.05) is 62.9 Å². The predicted octanol–water partition coefficient (Wildman–Crippen LogP) is 3.94. The number of ether oxygens (including phenoxy) is 2. The summed E-state index contributed by atoms with van der Waals surface area (Å²) in [6.45, 7) is 9.18. The lowest BCUT2D eigenvalue weighted by Crippen LogP contribution is -2.47. The van der Waals surface area contributed by atoms with E-state index in [2.05, 4.69) is 22.0 Å². The highest BCUT2D eigenvalue weighted by Gasteiger charge is 2.31. The number of benzene rings is 2. The van der Waals surface area contributed by atoms with Crippen LogP contribution in [0.3, 0.4) is 0 Å². The molecule has 2 aromatic carbocycles. The number of fused-ring (bicyclic) bond motifs is 1. The molecule has 2 amide bonds. The molecular weight excluding hydrogens is 579 g/mol. The highest BCUT2D eigenvalue weighted by molar-refractivity contribution is 6.42. The van der Waals surface area contributed by atoms with Gasteiger partial charge in [0.05, 0.1) is 42.3 Å². The van der Waals surface area contributed by atoms with Gasteiger partial charge in [-0.05, 0) is 49.9 Å². The number of amides is 2. The third-order valence-electron chi connectivity index (χ3n) is 7.89. The first-order valence-electron chi connectivity index (χ1n) is 14.5. The van der Waals surface area contributed by atoms with Gasteiger partial charge in [-0.15, -0.1) is 0 Å². The fourth-order valence-electron chi connectivity index (χ4n) is 5.35. The van der Waals surface area contributed by atoms with Gasteiger partial charge in [-0.3, -0.25) is 19.4 Å². The van der Waals surface area contributed by atoms with Crippen LogP contribution in [0.25, 0.3) is 0 Å². The van der Waals surface area contributed by atoms with Gasteiger partial charge in [-0.25, -0.2) is 0 Å². The maximum atomic E-state index is 13.5. The summed E-state index contributed by atoms with van der Waals surface area (Å²) in [5.74, 6) is 0.425. The quantitative estimate of drug-likeness (QED) is 0.415. The summed E-state index contributed by atoms with van der Waals surface area (Å²) in [6, 6.07) is 10.8. The number of carbonyl (C=O) groups is 2. The first kappa shape index (κ1) is 32.5. The number of hydrogen-bond donors (Lipinski definition) is 2. The van der Waals surface area contributed by atoms with Gasteiger partial charge >= 0.3 is 0 Å². The summed E-state index contributed by atoms with van der Waals surface area (Å²) in [5.41, 5.74) is 2.36. The van der Waals surface area contributed by atoms with E-state index in [0.717, 1.165) is 18.7 Å². The minimum absolute atomic E-state index is 0.0234. The second-order valence-electron chi connectivity index (χ2n) is 11.4. The monoisotopic (exact) mass is 620 g/mol. The Kier molecular flexibility index (Phi) is 11.9. The molecule has 2 aromatic rings. The van der Waals surface area contributed by atoms with E-state index in [-0.39, 0.29) is 42.9 Å². The number of halogens is 2. The number of rotatable bonds is 10. The Morgan fingerprint density at radius 2 is 1.93 bits per heavy atom. The van der Waals surface area contributed by atoms with Crippen LogP contribution >= 0.6 is 23.2 Å². The number of nitrogens with zero attached hydrogens (tertiary/aromatic N) is 3. The molecule has 2 heterocycles. The van der Waals surface area contributed by atoms with Crippen LogP contribution in [0.4, 0.5) is 5.69 Å². The average molecular weight is 622 g/mol. The summed E-state index contributed by atoms with van der Waals surface area (Å²) in [5, 5.41) is 13.9. The smallest absolute Gasteiger partial charge is 0.227 e. The summed E-state index contributed by atoms with van der Waals surface area (Å²) < 4.78 is 12.0. The van der Waals surface area contributed by atoms with Crippen molar-refractivity contribution in [2.45, 2.75) is 45.4 Å². The van der Waals surface area contributed by atoms with E-state index in [1.54, 1.807) is 11.0 Å². The minimum Gasteiger partial charge on any atom is -0.488 e. The van der Waals surface area contributed by atoms with Gasteiger partial charge in [0.15, 0.2) is 0 Å². The van der Waals surface area contributed by atoms with Crippen LogP contribution in [0.5, 0.6) is 5.75 Å². The van der Waals surface area contributed by atoms with Gasteiger partial charge in [-0.1, -0.05) is 36.2 Å². The number of nitrogens with one attached hydrogen (secondary N) is 1. The van der Waals surface area contributed by atoms with Gasteiger partial charge in [0.1, 0.15) is 11.9 Å². The molecule has 9 nitrogen and oxygen atoms in total. The van der Waals surface area contributed by atoms with Crippen LogP contribution in [0.1, 0.15) is 31.4 Å². The van der Waals surface area contributed by atoms with Crippen LogP contribution in [0.2, 0.25) is 10.0 Å². The lowest BCUT2D eigenvalue weighted by atomic mass is 10.0. The Bertz CT molecular complexity index is 1230. The maximum absolute atomic E-state index is 13.5. The molecule has 0 spiro atoms. The molecule has 42 heavy (non-hydrogen) atoms. The zero-order valence-electron chi connectivity index (χ0n) is 24.7. The number of aliphatic hydroxyl groups excluding tert-OH is 1. The molecule has 0 aliphatic carbocycles. The molecule has 1 fully saturated rings. The van der Waals surface area contributed by atoms with Crippen molar-refractivity contribution >= 4 is 40.7 Å². The van der Waals surface area contributed by atoms with E-state index in [4.69, 9.17) is 32.7 Å². The molecule has 2 aliphatic heterocycles. The van der Waals surface area contributed by atoms with Crippen molar-refractivity contribution in [3.63, 3.8) is 0 Å². The van der Waals surface area contributed by atoms with Gasteiger partial charge in [0.25, 0.3) is 0 Å². The second-order valence-corrected chi connectivity index (χ2v) is 12.2. The van der Waals surface area contributed by atoms with Gasteiger partial charge < -0.3 is 24.8 Å². The fourth-order valence-corrected chi connectivity index (χ4v) is 5.68. The lowest BCUT2D eigenvalue weighted by molar-refractivity contribution is -0.134. The van der Waals surface area contributed by atoms with Crippen molar-refractivity contribution < 1.29 is 24.2 Å². The number of anilines is 1. The first-order chi connectivity index (χ1) is 20.1. The zero-order chi connectivity index (χ0) is 30.2. The third kappa shape index (κ3) is 9.05. The average Bonchev–Trinajstić information content (AvgIpc) is 3.01. The van der Waals surface area contributed by atoms with Crippen molar-refractivity contribution in [3.05, 3.63) is 57.6 Å². The topological polar surface area (TPSA) is 94.6 Å². The van der Waals surface area contributed by atoms with Crippen LogP contribution in [-0.2, 0) is 27.3 Å². The van der Waals surface area contributed by atoms with E-state index >= 15 is 0 Å². The lowest BCUT2D eigenvalue weighted by Gasteiger charge is -2.34. The van der Waals surface area contributed by atoms with Crippen molar-refractivity contribution in [2.24, 2.45) is 5.92 Å². The van der Waals surface area contributed by atoms with Crippen LogP contribution in [-0.4, -0.2) is 103 Å². The number of hydrogen-bond acceptors (Lipinski definition) is 7. The van der Waals surface area contributed by atoms with E-state index in [1.165, 1.54) is 0 Å². The maximum Gasteiger partial charge on any atom is 0.227 e. The first-order valence-corrected chi connectivity index (χ1v) is 15.3. The van der Waals surface area contributed by atoms with E-state index in [9.17, 15) is 14.7 Å². The summed E-state index contributed by atoms with van der Waals surface area (Å²) in [4.78, 5) is 32.3. The molecule has 0 radical (unpaired) electrons. The third-order valence-corrected chi connectivity index (χ3v) is 8.63. The summed E-state index contributed by atoms with van der Waals surface area (Å²) >= 11 is 12.3. The molecule has 0 saturated carbocycles. The van der Waals surface area contributed by atoms with Crippen LogP contribution in [0, 0.1) is 5.92 Å². The molecular formula is C31H42Cl2N4O5. The Hall–Kier alpha value is -2.40. The van der Waals surface area contributed by atoms with Gasteiger partial charge in [0.2, 0.25) is 11.8 Å². The minimum atomic E-state index is -0.334. The summed E-state index contributed by atoms with van der Waals surface area (Å²) in [7, 11) is 2.01. The molecule has 2 N–H and O–H groups in total. The van der Waals surface area contributed by atoms with Crippen molar-refractivity contribution in [1.29, 1.82) is 0 Å². The standard InChI is InChI=1S/C31H42Cl2N4O5/c1-21-17-37(22(2)20-38)31(40)16-24-15-25(34-30(39)8-9-36-10-12-41-13-11-36)5-7-28(24)42-29(21)19-35(3)18-23-4-6-26(32)27(33)14-23/h4-7,14-15,21-22,29,38H,8-13,16-20H2,1-3H3,(H,34,39)/t21-,22-,29+/m0/s1. The Balaban J connectivity index is 1.50. The molecule has 1 saturated heterocycles. The fraction of sp³-hybridized carbons (Fsp3) is 0.548. The Morgan fingerprint density at radius 1 is 1.17 bits per heavy atom. The second kappa shape index (κ2) is 15.4. The number of carbonyl (C=O) groups excluding carboxylic acids is 2. The largest absolute Gasteiger partial charge is 0.488 e. The molecule has 0 unspecified atom stereocenters. The number of morpholine rings is 1. The molecule has 2 aliphatic rings. The molecule has 4 rings (SSSR count). The molecule has 3 atom stereocenters. The molecule has 11 heteroatoms. The Morgan fingerprint density at radius 3 is 2.64 bits per heavy atom. The van der Waals surface area contributed by atoms with Crippen molar-refractivity contribution in [1.82, 2.24) is 14.7 Å². The molecule has 0 bridgehead atoms. The van der Waals surface area contributed by atoms with Crippen LogP contribution in [0.15, 0.2) is 36.4 Å². The highest BCUT2D eigenvalue weighted by atomic mass is 35.5. The van der Waals surface area contributed by atoms with E-state index in [0.29, 0.717) is 72.9 Å². The zero-order valence-corrected chi connectivity index (χ0v) is 26.2. The molecule has 0 aromatic heterocycles. The van der Waals surface area contributed by atoms with Gasteiger partial charge in [-0.2, -0.15) is 0 Å². The van der Waals surface area contributed by atoms with E-state index < -0.39 is 0 Å². The highest BCUT2D eigenvalue weighted by Crippen LogP contribution is 2.30. The normalized spacial score (nSPS) is 20.7.